The van der Waals surface area contributed by atoms with E-state index < -0.39 is 11.9 Å². The summed E-state index contributed by atoms with van der Waals surface area (Å²) >= 11 is 4.86. The number of thiocarbonyl (C=S) groups is 1. The Morgan fingerprint density at radius 1 is 1.52 bits per heavy atom. The standard InChI is InChI=1S/C13H20N4O3S/c1-7(6-18)16-9-4-2-8(3-5-9)12(20)17-13(21)10(14)11(15)19/h2,7,10,18H,3-6,14H2,1H3,(H2,15,19)(H,17,20,21). The molecule has 0 spiro atoms. The number of nitrogens with zero attached hydrogens (tertiary/aromatic N) is 1. The fourth-order valence-electron chi connectivity index (χ4n) is 1.80. The Bertz CT molecular complexity index is 502. The number of amides is 2. The molecule has 2 amide bonds. The SMILES string of the molecule is CC(CO)N=C1CC=C(C(=O)NC(=S)C(N)C(N)=O)CC1. The van der Waals surface area contributed by atoms with Crippen LogP contribution < -0.4 is 16.8 Å². The zero-order chi connectivity index (χ0) is 16.0. The molecule has 1 rings (SSSR count). The van der Waals surface area contributed by atoms with Crippen molar-refractivity contribution in [1.29, 1.82) is 0 Å². The Morgan fingerprint density at radius 3 is 2.67 bits per heavy atom. The highest BCUT2D eigenvalue weighted by Gasteiger charge is 2.21. The molecule has 6 N–H and O–H groups in total. The van der Waals surface area contributed by atoms with E-state index in [0.29, 0.717) is 24.8 Å². The smallest absolute Gasteiger partial charge is 0.251 e. The molecular formula is C13H20N4O3S. The van der Waals surface area contributed by atoms with Gasteiger partial charge in [0.2, 0.25) is 5.91 Å². The lowest BCUT2D eigenvalue weighted by Crippen LogP contribution is -2.50. The summed E-state index contributed by atoms with van der Waals surface area (Å²) in [5.41, 5.74) is 12.0. The van der Waals surface area contributed by atoms with Crippen LogP contribution in [0, 0.1) is 0 Å². The summed E-state index contributed by atoms with van der Waals surface area (Å²) in [6.45, 7) is 1.82. The molecule has 116 valence electrons. The number of nitrogens with two attached hydrogens (primary N) is 2. The number of carbonyl (C=O) groups is 2. The third-order valence-corrected chi connectivity index (χ3v) is 3.41. The van der Waals surface area contributed by atoms with E-state index in [0.717, 1.165) is 5.71 Å². The predicted molar refractivity (Wildman–Crippen MR) is 83.8 cm³/mol. The minimum Gasteiger partial charge on any atom is -0.394 e. The van der Waals surface area contributed by atoms with Crippen LogP contribution >= 0.6 is 12.2 Å². The first-order chi connectivity index (χ1) is 9.85. The number of primary amides is 1. The zero-order valence-electron chi connectivity index (χ0n) is 11.8. The summed E-state index contributed by atoms with van der Waals surface area (Å²) in [4.78, 5) is 27.1. The first-order valence-corrected chi connectivity index (χ1v) is 7.01. The van der Waals surface area contributed by atoms with E-state index >= 15 is 0 Å². The van der Waals surface area contributed by atoms with Gasteiger partial charge in [0.25, 0.3) is 5.91 Å². The van der Waals surface area contributed by atoms with Gasteiger partial charge in [-0.3, -0.25) is 14.6 Å². The number of allylic oxidation sites excluding steroid dienone is 1. The van der Waals surface area contributed by atoms with Crippen molar-refractivity contribution in [3.8, 4) is 0 Å². The number of aliphatic imine (C=N–C) groups is 1. The number of nitrogens with one attached hydrogen (secondary N) is 1. The van der Waals surface area contributed by atoms with Crippen LogP contribution in [0.2, 0.25) is 0 Å². The number of hydrogen-bond acceptors (Lipinski definition) is 6. The molecule has 0 aromatic carbocycles. The van der Waals surface area contributed by atoms with E-state index in [-0.39, 0.29) is 23.5 Å². The number of carbonyl (C=O) groups excluding carboxylic acids is 2. The predicted octanol–water partition coefficient (Wildman–Crippen LogP) is -0.825. The van der Waals surface area contributed by atoms with Crippen LogP contribution in [0.3, 0.4) is 0 Å². The lowest BCUT2D eigenvalue weighted by Gasteiger charge is -2.17. The molecule has 0 saturated carbocycles. The second-order valence-electron chi connectivity index (χ2n) is 4.86. The highest BCUT2D eigenvalue weighted by molar-refractivity contribution is 7.80. The fraction of sp³-hybridized carbons (Fsp3) is 0.538. The van der Waals surface area contributed by atoms with Gasteiger partial charge in [-0.05, 0) is 19.8 Å². The highest BCUT2D eigenvalue weighted by atomic mass is 32.1. The fourth-order valence-corrected chi connectivity index (χ4v) is 2.01. The van der Waals surface area contributed by atoms with E-state index in [1.165, 1.54) is 0 Å². The van der Waals surface area contributed by atoms with Gasteiger partial charge in [0.15, 0.2) is 0 Å². The maximum absolute atomic E-state index is 12.0. The third kappa shape index (κ3) is 5.33. The lowest BCUT2D eigenvalue weighted by molar-refractivity contribution is -0.117. The van der Waals surface area contributed by atoms with Crippen molar-refractivity contribution < 1.29 is 14.7 Å². The molecule has 7 nitrogen and oxygen atoms in total. The average Bonchev–Trinajstić information content (AvgIpc) is 2.46. The lowest BCUT2D eigenvalue weighted by atomic mass is 9.97. The maximum Gasteiger partial charge on any atom is 0.251 e. The zero-order valence-corrected chi connectivity index (χ0v) is 12.7. The van der Waals surface area contributed by atoms with Crippen LogP contribution in [-0.2, 0) is 9.59 Å². The first-order valence-electron chi connectivity index (χ1n) is 6.60. The second kappa shape index (κ2) is 7.96. The molecule has 1 aliphatic carbocycles. The molecule has 0 aromatic heterocycles. The van der Waals surface area contributed by atoms with Crippen molar-refractivity contribution in [3.63, 3.8) is 0 Å². The van der Waals surface area contributed by atoms with Crippen molar-refractivity contribution in [3.05, 3.63) is 11.6 Å². The van der Waals surface area contributed by atoms with Crippen LogP contribution in [-0.4, -0.2) is 46.3 Å². The Balaban J connectivity index is 2.60. The summed E-state index contributed by atoms with van der Waals surface area (Å²) in [7, 11) is 0. The van der Waals surface area contributed by atoms with Gasteiger partial charge in [-0.2, -0.15) is 0 Å². The van der Waals surface area contributed by atoms with E-state index in [9.17, 15) is 9.59 Å². The monoisotopic (exact) mass is 312 g/mol. The first kappa shape index (κ1) is 17.4. The second-order valence-corrected chi connectivity index (χ2v) is 5.30. The van der Waals surface area contributed by atoms with Gasteiger partial charge >= 0.3 is 0 Å². The molecule has 8 heteroatoms. The van der Waals surface area contributed by atoms with Gasteiger partial charge < -0.3 is 21.9 Å². The molecule has 0 heterocycles. The molecule has 0 radical (unpaired) electrons. The van der Waals surface area contributed by atoms with E-state index in [4.69, 9.17) is 28.8 Å². The van der Waals surface area contributed by atoms with Crippen molar-refractivity contribution in [1.82, 2.24) is 5.32 Å². The topological polar surface area (TPSA) is 131 Å². The van der Waals surface area contributed by atoms with Crippen molar-refractivity contribution >= 4 is 34.7 Å². The highest BCUT2D eigenvalue weighted by Crippen LogP contribution is 2.17. The van der Waals surface area contributed by atoms with E-state index in [1.807, 2.05) is 6.92 Å². The number of hydrogen-bond donors (Lipinski definition) is 4. The molecular weight excluding hydrogens is 292 g/mol. The Kier molecular flexibility index (Phi) is 6.60. The summed E-state index contributed by atoms with van der Waals surface area (Å²) in [6, 6.07) is -1.31. The van der Waals surface area contributed by atoms with Gasteiger partial charge in [0.1, 0.15) is 11.0 Å². The Labute approximate surface area is 128 Å². The maximum atomic E-state index is 12.0. The van der Waals surface area contributed by atoms with Crippen LogP contribution in [0.1, 0.15) is 26.2 Å². The van der Waals surface area contributed by atoms with Crippen molar-refractivity contribution in [2.75, 3.05) is 6.61 Å². The molecule has 0 aliphatic heterocycles. The molecule has 0 saturated heterocycles. The summed E-state index contributed by atoms with van der Waals surface area (Å²) < 4.78 is 0. The molecule has 2 unspecified atom stereocenters. The molecule has 2 atom stereocenters. The van der Waals surface area contributed by atoms with Gasteiger partial charge in [-0.25, -0.2) is 0 Å². The Morgan fingerprint density at radius 2 is 2.19 bits per heavy atom. The van der Waals surface area contributed by atoms with Crippen molar-refractivity contribution in [2.45, 2.75) is 38.3 Å². The normalized spacial score (nSPS) is 19.6. The van der Waals surface area contributed by atoms with Crippen LogP contribution in [0.5, 0.6) is 0 Å². The Hall–Kier alpha value is -1.64. The van der Waals surface area contributed by atoms with Gasteiger partial charge in [-0.15, -0.1) is 0 Å². The molecule has 1 aliphatic rings. The summed E-state index contributed by atoms with van der Waals surface area (Å²) in [6.07, 6.45) is 3.50. The van der Waals surface area contributed by atoms with Crippen LogP contribution in [0.4, 0.5) is 0 Å². The van der Waals surface area contributed by atoms with E-state index in [2.05, 4.69) is 10.3 Å². The minimum absolute atomic E-state index is 0.000165. The quantitative estimate of drug-likeness (QED) is 0.492. The third-order valence-electron chi connectivity index (χ3n) is 3.05. The summed E-state index contributed by atoms with van der Waals surface area (Å²) in [5.74, 6) is -1.16. The number of aliphatic hydroxyl groups is 1. The van der Waals surface area contributed by atoms with Crippen molar-refractivity contribution in [2.24, 2.45) is 16.5 Å². The molecule has 0 fully saturated rings. The van der Waals surface area contributed by atoms with Gasteiger partial charge in [-0.1, -0.05) is 18.3 Å². The van der Waals surface area contributed by atoms with Crippen LogP contribution in [0.25, 0.3) is 0 Å². The van der Waals surface area contributed by atoms with Gasteiger partial charge in [0.05, 0.1) is 12.6 Å². The molecule has 0 bridgehead atoms. The van der Waals surface area contributed by atoms with E-state index in [1.54, 1.807) is 6.08 Å². The van der Waals surface area contributed by atoms with Crippen LogP contribution in [0.15, 0.2) is 16.6 Å². The average molecular weight is 312 g/mol. The molecule has 0 aromatic rings. The number of aliphatic hydroxyl groups excluding tert-OH is 1. The molecule has 21 heavy (non-hydrogen) atoms. The number of rotatable bonds is 5. The minimum atomic E-state index is -1.17. The summed E-state index contributed by atoms with van der Waals surface area (Å²) in [5, 5.41) is 11.4. The van der Waals surface area contributed by atoms with Gasteiger partial charge in [0, 0.05) is 17.7 Å². The largest absolute Gasteiger partial charge is 0.394 e.